The van der Waals surface area contributed by atoms with E-state index in [9.17, 15) is 18.0 Å². The second-order valence-corrected chi connectivity index (χ2v) is 4.61. The SMILES string of the molecule is CC[C@@H]1C=C(NC(=O)OC)c2ccc(C(F)(F)F)cc2N1. The van der Waals surface area contributed by atoms with Crippen LogP contribution >= 0.6 is 0 Å². The molecule has 0 bridgehead atoms. The van der Waals surface area contributed by atoms with E-state index in [4.69, 9.17) is 0 Å². The predicted molar refractivity (Wildman–Crippen MR) is 72.7 cm³/mol. The lowest BCUT2D eigenvalue weighted by Gasteiger charge is -2.26. The molecule has 0 saturated heterocycles. The van der Waals surface area contributed by atoms with Crippen LogP contribution in [0.2, 0.25) is 0 Å². The molecule has 4 nitrogen and oxygen atoms in total. The van der Waals surface area contributed by atoms with Gasteiger partial charge in [0.25, 0.3) is 0 Å². The van der Waals surface area contributed by atoms with Gasteiger partial charge in [-0.3, -0.25) is 5.32 Å². The fourth-order valence-electron chi connectivity index (χ4n) is 2.10. The standard InChI is InChI=1S/C14H15F3N2O2/c1-3-9-7-12(19-13(20)21-2)10-5-4-8(14(15,16)17)6-11(10)18-9/h4-7,9,18H,3H2,1-2H3,(H,19,20)/t9-/m1/s1. The van der Waals surface area contributed by atoms with Crippen LogP contribution in [0.15, 0.2) is 24.3 Å². The van der Waals surface area contributed by atoms with Gasteiger partial charge in [0.15, 0.2) is 0 Å². The van der Waals surface area contributed by atoms with Crippen molar-refractivity contribution < 1.29 is 22.7 Å². The number of ether oxygens (including phenoxy) is 1. The van der Waals surface area contributed by atoms with E-state index in [0.717, 1.165) is 12.1 Å². The summed E-state index contributed by atoms with van der Waals surface area (Å²) >= 11 is 0. The number of methoxy groups -OCH3 is 1. The van der Waals surface area contributed by atoms with Gasteiger partial charge in [-0.25, -0.2) is 4.79 Å². The van der Waals surface area contributed by atoms with Crippen LogP contribution in [0.5, 0.6) is 0 Å². The second-order valence-electron chi connectivity index (χ2n) is 4.61. The highest BCUT2D eigenvalue weighted by Crippen LogP contribution is 2.36. The molecule has 7 heteroatoms. The van der Waals surface area contributed by atoms with Gasteiger partial charge in [-0.15, -0.1) is 0 Å². The molecule has 1 heterocycles. The van der Waals surface area contributed by atoms with Gasteiger partial charge in [0.1, 0.15) is 0 Å². The lowest BCUT2D eigenvalue weighted by Crippen LogP contribution is -2.29. The van der Waals surface area contributed by atoms with Crippen molar-refractivity contribution in [1.82, 2.24) is 5.32 Å². The number of benzene rings is 1. The molecule has 0 unspecified atom stereocenters. The maximum atomic E-state index is 12.8. The molecule has 114 valence electrons. The Morgan fingerprint density at radius 2 is 2.14 bits per heavy atom. The molecule has 0 aliphatic carbocycles. The Labute approximate surface area is 120 Å². The number of halogens is 3. The van der Waals surface area contributed by atoms with E-state index in [0.29, 0.717) is 23.4 Å². The third kappa shape index (κ3) is 3.29. The fourth-order valence-corrected chi connectivity index (χ4v) is 2.10. The molecule has 1 aromatic carbocycles. The first-order valence-electron chi connectivity index (χ1n) is 6.40. The van der Waals surface area contributed by atoms with E-state index < -0.39 is 17.8 Å². The molecule has 0 radical (unpaired) electrons. The quantitative estimate of drug-likeness (QED) is 0.877. The Morgan fingerprint density at radius 3 is 2.71 bits per heavy atom. The summed E-state index contributed by atoms with van der Waals surface area (Å²) in [6.07, 6.45) is -2.65. The van der Waals surface area contributed by atoms with E-state index >= 15 is 0 Å². The zero-order valence-electron chi connectivity index (χ0n) is 11.5. The van der Waals surface area contributed by atoms with Gasteiger partial charge in [0.2, 0.25) is 0 Å². The van der Waals surface area contributed by atoms with Crippen molar-refractivity contribution in [3.8, 4) is 0 Å². The van der Waals surface area contributed by atoms with Crippen molar-refractivity contribution >= 4 is 17.5 Å². The highest BCUT2D eigenvalue weighted by molar-refractivity contribution is 5.88. The molecule has 1 aliphatic rings. The highest BCUT2D eigenvalue weighted by atomic mass is 19.4. The summed E-state index contributed by atoms with van der Waals surface area (Å²) in [7, 11) is 1.22. The number of hydrogen-bond donors (Lipinski definition) is 2. The van der Waals surface area contributed by atoms with Crippen LogP contribution in [0.4, 0.5) is 23.7 Å². The zero-order chi connectivity index (χ0) is 15.6. The second kappa shape index (κ2) is 5.67. The van der Waals surface area contributed by atoms with E-state index in [1.54, 1.807) is 6.08 Å². The molecular weight excluding hydrogens is 285 g/mol. The smallest absolute Gasteiger partial charge is 0.416 e. The van der Waals surface area contributed by atoms with Crippen molar-refractivity contribution in [1.29, 1.82) is 0 Å². The number of anilines is 1. The van der Waals surface area contributed by atoms with Gasteiger partial charge in [-0.05, 0) is 24.6 Å². The Bertz CT molecular complexity index is 582. The van der Waals surface area contributed by atoms with Gasteiger partial charge in [0, 0.05) is 17.3 Å². The van der Waals surface area contributed by atoms with E-state index in [-0.39, 0.29) is 6.04 Å². The molecule has 2 rings (SSSR count). The summed E-state index contributed by atoms with van der Waals surface area (Å²) < 4.78 is 42.8. The Balaban J connectivity index is 2.41. The lowest BCUT2D eigenvalue weighted by atomic mass is 9.98. The first-order chi connectivity index (χ1) is 9.85. The minimum Gasteiger partial charge on any atom is -0.453 e. The summed E-state index contributed by atoms with van der Waals surface area (Å²) in [6.45, 7) is 1.89. The van der Waals surface area contributed by atoms with Gasteiger partial charge in [0.05, 0.1) is 18.4 Å². The van der Waals surface area contributed by atoms with E-state index in [1.807, 2.05) is 6.92 Å². The van der Waals surface area contributed by atoms with Gasteiger partial charge >= 0.3 is 12.3 Å². The predicted octanol–water partition coefficient (Wildman–Crippen LogP) is 3.61. The molecular formula is C14H15F3N2O2. The van der Waals surface area contributed by atoms with Crippen LogP contribution in [-0.4, -0.2) is 19.2 Å². The molecule has 2 N–H and O–H groups in total. The third-order valence-electron chi connectivity index (χ3n) is 3.21. The summed E-state index contributed by atoms with van der Waals surface area (Å²) in [5.41, 5.74) is 0.544. The number of hydrogen-bond acceptors (Lipinski definition) is 3. The van der Waals surface area contributed by atoms with Crippen LogP contribution in [0.1, 0.15) is 24.5 Å². The Kier molecular flexibility index (Phi) is 4.11. The van der Waals surface area contributed by atoms with Crippen LogP contribution in [0.3, 0.4) is 0 Å². The van der Waals surface area contributed by atoms with Crippen molar-refractivity contribution in [3.05, 3.63) is 35.4 Å². The minimum absolute atomic E-state index is 0.159. The molecule has 21 heavy (non-hydrogen) atoms. The maximum absolute atomic E-state index is 12.8. The molecule has 1 atom stereocenters. The average molecular weight is 300 g/mol. The molecule has 0 spiro atoms. The van der Waals surface area contributed by atoms with Gasteiger partial charge < -0.3 is 10.1 Å². The number of carbonyl (C=O) groups excluding carboxylic acids is 1. The zero-order valence-corrected chi connectivity index (χ0v) is 11.5. The van der Waals surface area contributed by atoms with Crippen LogP contribution < -0.4 is 10.6 Å². The molecule has 0 saturated carbocycles. The third-order valence-corrected chi connectivity index (χ3v) is 3.21. The summed E-state index contributed by atoms with van der Waals surface area (Å²) in [4.78, 5) is 11.3. The monoisotopic (exact) mass is 300 g/mol. The van der Waals surface area contributed by atoms with Crippen molar-refractivity contribution in [2.75, 3.05) is 12.4 Å². The molecule has 0 fully saturated rings. The van der Waals surface area contributed by atoms with Gasteiger partial charge in [-0.2, -0.15) is 13.2 Å². The molecule has 1 aliphatic heterocycles. The summed E-state index contributed by atoms with van der Waals surface area (Å²) in [5.74, 6) is 0. The average Bonchev–Trinajstić information content (AvgIpc) is 2.45. The largest absolute Gasteiger partial charge is 0.453 e. The topological polar surface area (TPSA) is 50.4 Å². The Morgan fingerprint density at radius 1 is 1.43 bits per heavy atom. The maximum Gasteiger partial charge on any atom is 0.416 e. The highest BCUT2D eigenvalue weighted by Gasteiger charge is 2.32. The first kappa shape index (κ1) is 15.2. The number of alkyl carbamates (subject to hydrolysis) is 1. The number of carbonyl (C=O) groups is 1. The molecule has 1 amide bonds. The lowest BCUT2D eigenvalue weighted by molar-refractivity contribution is -0.137. The van der Waals surface area contributed by atoms with Crippen molar-refractivity contribution in [3.63, 3.8) is 0 Å². The number of amides is 1. The fraction of sp³-hybridized carbons (Fsp3) is 0.357. The minimum atomic E-state index is -4.41. The first-order valence-corrected chi connectivity index (χ1v) is 6.40. The number of fused-ring (bicyclic) bond motifs is 1. The van der Waals surface area contributed by atoms with E-state index in [2.05, 4.69) is 15.4 Å². The normalized spacial score (nSPS) is 17.4. The number of nitrogens with one attached hydrogen (secondary N) is 2. The number of alkyl halides is 3. The summed E-state index contributed by atoms with van der Waals surface area (Å²) in [6, 6.07) is 3.20. The number of rotatable bonds is 2. The van der Waals surface area contributed by atoms with E-state index in [1.165, 1.54) is 13.2 Å². The summed E-state index contributed by atoms with van der Waals surface area (Å²) in [5, 5.41) is 5.54. The van der Waals surface area contributed by atoms with Crippen LogP contribution in [0, 0.1) is 0 Å². The van der Waals surface area contributed by atoms with Crippen molar-refractivity contribution in [2.24, 2.45) is 0 Å². The van der Waals surface area contributed by atoms with Crippen LogP contribution in [-0.2, 0) is 10.9 Å². The molecule has 0 aromatic heterocycles. The van der Waals surface area contributed by atoms with Gasteiger partial charge in [-0.1, -0.05) is 13.0 Å². The van der Waals surface area contributed by atoms with Crippen molar-refractivity contribution in [2.45, 2.75) is 25.6 Å². The van der Waals surface area contributed by atoms with Crippen LogP contribution in [0.25, 0.3) is 5.70 Å². The molecule has 1 aromatic rings. The Hall–Kier alpha value is -2.18.